The number of rotatable bonds is 6. The molecule has 0 saturated carbocycles. The van der Waals surface area contributed by atoms with Crippen LogP contribution < -0.4 is 10.2 Å². The number of para-hydroxylation sites is 2. The summed E-state index contributed by atoms with van der Waals surface area (Å²) >= 11 is 1.23. The summed E-state index contributed by atoms with van der Waals surface area (Å²) in [5.74, 6) is -0.499. The Kier molecular flexibility index (Phi) is 7.21. The second-order valence-corrected chi connectivity index (χ2v) is 8.64. The lowest BCUT2D eigenvalue weighted by atomic mass is 10.2. The second-order valence-electron chi connectivity index (χ2n) is 7.47. The number of thioether (sulfide) groups is 1. The van der Waals surface area contributed by atoms with E-state index < -0.39 is 5.25 Å². The first-order valence-electron chi connectivity index (χ1n) is 10.8. The van der Waals surface area contributed by atoms with Crippen LogP contribution in [0.4, 0.5) is 11.4 Å². The zero-order valence-electron chi connectivity index (χ0n) is 18.5. The van der Waals surface area contributed by atoms with Crippen LogP contribution in [0.3, 0.4) is 0 Å². The van der Waals surface area contributed by atoms with Crippen molar-refractivity contribution in [3.05, 3.63) is 102 Å². The molecule has 1 atom stereocenters. The van der Waals surface area contributed by atoms with Crippen LogP contribution in [-0.2, 0) is 9.59 Å². The number of aliphatic imine (C=N–C) groups is 1. The van der Waals surface area contributed by atoms with Crippen LogP contribution in [-0.4, -0.2) is 22.2 Å². The monoisotopic (exact) mass is 466 g/mol. The van der Waals surface area contributed by atoms with Crippen molar-refractivity contribution in [2.75, 3.05) is 10.2 Å². The van der Waals surface area contributed by atoms with E-state index in [-0.39, 0.29) is 11.8 Å². The van der Waals surface area contributed by atoms with Gasteiger partial charge in [-0.15, -0.1) is 0 Å². The van der Waals surface area contributed by atoms with Crippen molar-refractivity contribution in [1.29, 1.82) is 5.26 Å². The largest absolute Gasteiger partial charge is 0.324 e. The van der Waals surface area contributed by atoms with E-state index in [1.165, 1.54) is 11.8 Å². The van der Waals surface area contributed by atoms with E-state index in [2.05, 4.69) is 16.4 Å². The maximum absolute atomic E-state index is 13.3. The predicted molar refractivity (Wildman–Crippen MR) is 137 cm³/mol. The molecule has 6 nitrogen and oxygen atoms in total. The third kappa shape index (κ3) is 5.08. The van der Waals surface area contributed by atoms with Crippen molar-refractivity contribution in [1.82, 2.24) is 0 Å². The fraction of sp³-hybridized carbons (Fsp3) is 0.111. The molecule has 3 aromatic rings. The fourth-order valence-electron chi connectivity index (χ4n) is 3.44. The predicted octanol–water partition coefficient (Wildman–Crippen LogP) is 5.45. The molecule has 0 spiro atoms. The number of benzene rings is 3. The third-order valence-electron chi connectivity index (χ3n) is 5.16. The minimum Gasteiger partial charge on any atom is -0.324 e. The molecule has 1 aliphatic rings. The van der Waals surface area contributed by atoms with Crippen molar-refractivity contribution >= 4 is 46.2 Å². The van der Waals surface area contributed by atoms with E-state index in [9.17, 15) is 14.9 Å². The lowest BCUT2D eigenvalue weighted by Crippen LogP contribution is -2.34. The fourth-order valence-corrected chi connectivity index (χ4v) is 4.47. The number of amides is 2. The van der Waals surface area contributed by atoms with Gasteiger partial charge in [0.05, 0.1) is 22.2 Å². The highest BCUT2D eigenvalue weighted by molar-refractivity contribution is 8.15. The number of nitriles is 1. The molecule has 1 N–H and O–H groups in total. The summed E-state index contributed by atoms with van der Waals surface area (Å²) in [6.45, 7) is 1.90. The van der Waals surface area contributed by atoms with Gasteiger partial charge < -0.3 is 5.32 Å². The molecule has 0 aromatic heterocycles. The van der Waals surface area contributed by atoms with Crippen LogP contribution >= 0.6 is 11.8 Å². The van der Waals surface area contributed by atoms with Crippen molar-refractivity contribution in [3.63, 3.8) is 0 Å². The Bertz CT molecular complexity index is 1300. The maximum Gasteiger partial charge on any atom is 0.283 e. The lowest BCUT2D eigenvalue weighted by Gasteiger charge is -2.21. The van der Waals surface area contributed by atoms with E-state index in [0.29, 0.717) is 34.2 Å². The average Bonchev–Trinajstić information content (AvgIpc) is 3.18. The molecular weight excluding hydrogens is 444 g/mol. The summed E-state index contributed by atoms with van der Waals surface area (Å²) in [7, 11) is 0. The van der Waals surface area contributed by atoms with Gasteiger partial charge in [-0.1, -0.05) is 79.3 Å². The molecule has 0 saturated heterocycles. The highest BCUT2D eigenvalue weighted by atomic mass is 32.2. The minimum atomic E-state index is -0.513. The van der Waals surface area contributed by atoms with Crippen LogP contribution in [0.15, 0.2) is 95.6 Å². The Hall–Kier alpha value is -4.15. The quantitative estimate of drug-likeness (QED) is 0.489. The summed E-state index contributed by atoms with van der Waals surface area (Å²) in [6, 6.07) is 27.7. The smallest absolute Gasteiger partial charge is 0.283 e. The lowest BCUT2D eigenvalue weighted by molar-refractivity contribution is -0.116. The topological polar surface area (TPSA) is 85.6 Å². The van der Waals surface area contributed by atoms with E-state index in [4.69, 9.17) is 0 Å². The SMILES string of the molecule is CC[C@@H](SC1=N/C(=C/c2ccccc2)C(=O)N1c1ccccc1)C(=O)Nc1ccccc1C#N. The first kappa shape index (κ1) is 23.0. The summed E-state index contributed by atoms with van der Waals surface area (Å²) in [6.07, 6.45) is 2.26. The van der Waals surface area contributed by atoms with Gasteiger partial charge in [0.15, 0.2) is 5.17 Å². The molecule has 3 aromatic carbocycles. The number of amidine groups is 1. The highest BCUT2D eigenvalue weighted by Gasteiger charge is 2.34. The van der Waals surface area contributed by atoms with Crippen LogP contribution in [0.2, 0.25) is 0 Å². The molecule has 34 heavy (non-hydrogen) atoms. The number of anilines is 2. The molecule has 0 radical (unpaired) electrons. The summed E-state index contributed by atoms with van der Waals surface area (Å²) < 4.78 is 0. The van der Waals surface area contributed by atoms with E-state index in [1.54, 1.807) is 35.2 Å². The number of carbonyl (C=O) groups excluding carboxylic acids is 2. The Morgan fingerprint density at radius 2 is 1.71 bits per heavy atom. The number of nitrogens with one attached hydrogen (secondary N) is 1. The molecule has 0 unspecified atom stereocenters. The van der Waals surface area contributed by atoms with Gasteiger partial charge in [-0.3, -0.25) is 14.5 Å². The molecule has 1 aliphatic heterocycles. The first-order chi connectivity index (χ1) is 16.6. The molecule has 4 rings (SSSR count). The van der Waals surface area contributed by atoms with Gasteiger partial charge in [-0.25, -0.2) is 4.99 Å². The summed E-state index contributed by atoms with van der Waals surface area (Å²) in [5, 5.41) is 12.1. The van der Waals surface area contributed by atoms with Crippen molar-refractivity contribution in [3.8, 4) is 6.07 Å². The number of hydrogen-bond acceptors (Lipinski definition) is 5. The van der Waals surface area contributed by atoms with Crippen LogP contribution in [0.25, 0.3) is 6.08 Å². The van der Waals surface area contributed by atoms with Gasteiger partial charge in [-0.2, -0.15) is 5.26 Å². The molecule has 0 bridgehead atoms. The van der Waals surface area contributed by atoms with Gasteiger partial charge in [0.2, 0.25) is 5.91 Å². The average molecular weight is 467 g/mol. The molecule has 168 valence electrons. The highest BCUT2D eigenvalue weighted by Crippen LogP contribution is 2.32. The van der Waals surface area contributed by atoms with Crippen molar-refractivity contribution in [2.45, 2.75) is 18.6 Å². The van der Waals surface area contributed by atoms with E-state index in [0.717, 1.165) is 5.56 Å². The molecule has 7 heteroatoms. The van der Waals surface area contributed by atoms with Gasteiger partial charge in [-0.05, 0) is 42.3 Å². The molecule has 1 heterocycles. The molecular formula is C27H22N4O2S. The minimum absolute atomic E-state index is 0.248. The summed E-state index contributed by atoms with van der Waals surface area (Å²) in [4.78, 5) is 32.6. The molecule has 0 fully saturated rings. The normalized spacial score (nSPS) is 15.1. The Morgan fingerprint density at radius 1 is 1.06 bits per heavy atom. The van der Waals surface area contributed by atoms with E-state index in [1.807, 2.05) is 67.6 Å². The van der Waals surface area contributed by atoms with Gasteiger partial charge in [0.25, 0.3) is 5.91 Å². The second kappa shape index (κ2) is 10.6. The standard InChI is InChI=1S/C27H22N4O2S/c1-2-24(25(32)29-22-16-10-9-13-20(22)18-28)34-27-30-23(17-19-11-5-3-6-12-19)26(33)31(27)21-14-7-4-8-15-21/h3-17,24H,2H2,1H3,(H,29,32)/b23-17+/t24-/m1/s1. The van der Waals surface area contributed by atoms with Crippen molar-refractivity contribution in [2.24, 2.45) is 4.99 Å². The Labute approximate surface area is 202 Å². The van der Waals surface area contributed by atoms with Crippen molar-refractivity contribution < 1.29 is 9.59 Å². The Balaban J connectivity index is 1.63. The van der Waals surface area contributed by atoms with Crippen LogP contribution in [0, 0.1) is 11.3 Å². The third-order valence-corrected chi connectivity index (χ3v) is 6.48. The first-order valence-corrected chi connectivity index (χ1v) is 11.7. The van der Waals surface area contributed by atoms with Gasteiger partial charge >= 0.3 is 0 Å². The molecule has 2 amide bonds. The van der Waals surface area contributed by atoms with Gasteiger partial charge in [0.1, 0.15) is 11.8 Å². The molecule has 0 aliphatic carbocycles. The number of carbonyl (C=O) groups is 2. The van der Waals surface area contributed by atoms with Crippen LogP contribution in [0.5, 0.6) is 0 Å². The Morgan fingerprint density at radius 3 is 2.38 bits per heavy atom. The van der Waals surface area contributed by atoms with Gasteiger partial charge in [0, 0.05) is 0 Å². The summed E-state index contributed by atoms with van der Waals surface area (Å²) in [5.41, 5.74) is 2.71. The maximum atomic E-state index is 13.3. The zero-order valence-corrected chi connectivity index (χ0v) is 19.3. The zero-order chi connectivity index (χ0) is 23.9. The van der Waals surface area contributed by atoms with E-state index >= 15 is 0 Å². The number of nitrogens with zero attached hydrogens (tertiary/aromatic N) is 3. The number of hydrogen-bond donors (Lipinski definition) is 1. The van der Waals surface area contributed by atoms with Crippen LogP contribution in [0.1, 0.15) is 24.5 Å².